The van der Waals surface area contributed by atoms with Crippen molar-refractivity contribution < 1.29 is 4.74 Å². The highest BCUT2D eigenvalue weighted by molar-refractivity contribution is 5.83. The van der Waals surface area contributed by atoms with Crippen LogP contribution in [-0.4, -0.2) is 36.2 Å². The second kappa shape index (κ2) is 4.63. The third kappa shape index (κ3) is 1.87. The van der Waals surface area contributed by atoms with Gasteiger partial charge < -0.3 is 15.0 Å². The highest BCUT2D eigenvalue weighted by Gasteiger charge is 2.17. The Balaban J connectivity index is 1.98. The molecule has 4 heteroatoms. The van der Waals surface area contributed by atoms with E-state index in [0.717, 1.165) is 38.5 Å². The normalized spacial score (nSPS) is 15.9. The third-order valence-corrected chi connectivity index (χ3v) is 3.67. The molecule has 1 aliphatic heterocycles. The zero-order chi connectivity index (χ0) is 12.5. The van der Waals surface area contributed by atoms with Gasteiger partial charge in [-0.2, -0.15) is 0 Å². The summed E-state index contributed by atoms with van der Waals surface area (Å²) in [4.78, 5) is 2.41. The van der Waals surface area contributed by atoms with Crippen molar-refractivity contribution >= 4 is 10.9 Å². The van der Waals surface area contributed by atoms with E-state index in [2.05, 4.69) is 27.7 Å². The summed E-state index contributed by atoms with van der Waals surface area (Å²) in [6.07, 6.45) is 0. The lowest BCUT2D eigenvalue weighted by Gasteiger charge is -2.28. The quantitative estimate of drug-likeness (QED) is 0.889. The summed E-state index contributed by atoms with van der Waals surface area (Å²) < 4.78 is 7.68. The van der Waals surface area contributed by atoms with E-state index >= 15 is 0 Å². The summed E-state index contributed by atoms with van der Waals surface area (Å²) in [7, 11) is 1.71. The fraction of sp³-hybridized carbons (Fsp3) is 0.429. The number of nitrogens with zero attached hydrogens (tertiary/aromatic N) is 2. The molecule has 0 bridgehead atoms. The van der Waals surface area contributed by atoms with Crippen LogP contribution in [0.1, 0.15) is 5.69 Å². The molecule has 0 spiro atoms. The summed E-state index contributed by atoms with van der Waals surface area (Å²) in [5, 5.41) is 1.26. The highest BCUT2D eigenvalue weighted by atomic mass is 16.5. The maximum Gasteiger partial charge on any atom is 0.119 e. The molecule has 18 heavy (non-hydrogen) atoms. The number of benzene rings is 1. The topological polar surface area (TPSA) is 43.4 Å². The molecule has 1 aromatic heterocycles. The first-order valence-electron chi connectivity index (χ1n) is 6.40. The van der Waals surface area contributed by atoms with Gasteiger partial charge in [-0.15, -0.1) is 0 Å². The summed E-state index contributed by atoms with van der Waals surface area (Å²) in [6.45, 7) is 4.83. The first-order valence-corrected chi connectivity index (χ1v) is 6.40. The van der Waals surface area contributed by atoms with Crippen molar-refractivity contribution in [3.8, 4) is 5.75 Å². The molecular weight excluding hydrogens is 226 g/mol. The zero-order valence-electron chi connectivity index (χ0n) is 10.7. The molecule has 2 heterocycles. The van der Waals surface area contributed by atoms with Gasteiger partial charge in [-0.05, 0) is 24.3 Å². The van der Waals surface area contributed by atoms with Gasteiger partial charge in [-0.25, -0.2) is 0 Å². The largest absolute Gasteiger partial charge is 0.497 e. The Labute approximate surface area is 107 Å². The number of aromatic nitrogens is 1. The van der Waals surface area contributed by atoms with Crippen LogP contribution in [0.5, 0.6) is 5.75 Å². The van der Waals surface area contributed by atoms with E-state index in [4.69, 9.17) is 10.5 Å². The number of fused-ring (bicyclic) bond motifs is 3. The molecule has 0 amide bonds. The highest BCUT2D eigenvalue weighted by Crippen LogP contribution is 2.27. The molecule has 0 saturated heterocycles. The van der Waals surface area contributed by atoms with Crippen LogP contribution in [0.25, 0.3) is 10.9 Å². The Hall–Kier alpha value is -1.52. The molecule has 1 aliphatic rings. The van der Waals surface area contributed by atoms with E-state index in [9.17, 15) is 0 Å². The third-order valence-electron chi connectivity index (χ3n) is 3.67. The van der Waals surface area contributed by atoms with E-state index in [0.29, 0.717) is 0 Å². The SMILES string of the molecule is COc1ccc2c(c1)cc1n2CCN(CCN)C1. The average molecular weight is 245 g/mol. The van der Waals surface area contributed by atoms with Gasteiger partial charge in [0.05, 0.1) is 7.11 Å². The molecule has 0 radical (unpaired) electrons. The lowest BCUT2D eigenvalue weighted by Crippen LogP contribution is -2.36. The lowest BCUT2D eigenvalue weighted by atomic mass is 10.2. The van der Waals surface area contributed by atoms with Gasteiger partial charge in [-0.3, -0.25) is 4.90 Å². The minimum Gasteiger partial charge on any atom is -0.497 e. The molecule has 2 N–H and O–H groups in total. The smallest absolute Gasteiger partial charge is 0.119 e. The molecule has 0 fully saturated rings. The second-order valence-corrected chi connectivity index (χ2v) is 4.78. The van der Waals surface area contributed by atoms with Crippen LogP contribution < -0.4 is 10.5 Å². The Morgan fingerprint density at radius 3 is 2.94 bits per heavy atom. The van der Waals surface area contributed by atoms with Crippen molar-refractivity contribution in [2.24, 2.45) is 5.73 Å². The summed E-state index contributed by atoms with van der Waals surface area (Å²) in [5.41, 5.74) is 8.30. The molecule has 0 atom stereocenters. The molecule has 1 aromatic carbocycles. The number of rotatable bonds is 3. The summed E-state index contributed by atoms with van der Waals surface area (Å²) >= 11 is 0. The van der Waals surface area contributed by atoms with Crippen molar-refractivity contribution in [2.75, 3.05) is 26.7 Å². The van der Waals surface area contributed by atoms with Crippen molar-refractivity contribution in [2.45, 2.75) is 13.1 Å². The van der Waals surface area contributed by atoms with Crippen molar-refractivity contribution in [3.05, 3.63) is 30.0 Å². The number of ether oxygens (including phenoxy) is 1. The van der Waals surface area contributed by atoms with Crippen LogP contribution in [-0.2, 0) is 13.1 Å². The van der Waals surface area contributed by atoms with Crippen LogP contribution in [0.15, 0.2) is 24.3 Å². The summed E-state index contributed by atoms with van der Waals surface area (Å²) in [6, 6.07) is 8.55. The number of nitrogens with two attached hydrogens (primary N) is 1. The van der Waals surface area contributed by atoms with Gasteiger partial charge in [0.1, 0.15) is 5.75 Å². The van der Waals surface area contributed by atoms with Gasteiger partial charge in [0.15, 0.2) is 0 Å². The van der Waals surface area contributed by atoms with E-state index < -0.39 is 0 Å². The zero-order valence-corrected chi connectivity index (χ0v) is 10.7. The Morgan fingerprint density at radius 1 is 1.28 bits per heavy atom. The molecule has 0 saturated carbocycles. The lowest BCUT2D eigenvalue weighted by molar-refractivity contribution is 0.229. The number of hydrogen-bond donors (Lipinski definition) is 1. The molecule has 96 valence electrons. The maximum atomic E-state index is 5.63. The fourth-order valence-electron chi connectivity index (χ4n) is 2.75. The standard InChI is InChI=1S/C14H19N3O/c1-18-13-2-3-14-11(9-13)8-12-10-16(5-4-15)6-7-17(12)14/h2-3,8-9H,4-7,10,15H2,1H3. The van der Waals surface area contributed by atoms with Crippen LogP contribution in [0, 0.1) is 0 Å². The van der Waals surface area contributed by atoms with Crippen molar-refractivity contribution in [1.29, 1.82) is 0 Å². The van der Waals surface area contributed by atoms with Crippen LogP contribution in [0.2, 0.25) is 0 Å². The molecule has 0 aliphatic carbocycles. The van der Waals surface area contributed by atoms with Gasteiger partial charge in [0, 0.05) is 49.3 Å². The van der Waals surface area contributed by atoms with Gasteiger partial charge in [-0.1, -0.05) is 0 Å². The Bertz CT molecular complexity index is 561. The number of hydrogen-bond acceptors (Lipinski definition) is 3. The fourth-order valence-corrected chi connectivity index (χ4v) is 2.75. The number of methoxy groups -OCH3 is 1. The van der Waals surface area contributed by atoms with Crippen molar-refractivity contribution in [1.82, 2.24) is 9.47 Å². The first-order chi connectivity index (χ1) is 8.81. The monoisotopic (exact) mass is 245 g/mol. The summed E-state index contributed by atoms with van der Waals surface area (Å²) in [5.74, 6) is 0.921. The van der Waals surface area contributed by atoms with Gasteiger partial charge in [0.2, 0.25) is 0 Å². The molecule has 4 nitrogen and oxygen atoms in total. The molecule has 2 aromatic rings. The average Bonchev–Trinajstić information content (AvgIpc) is 2.75. The Morgan fingerprint density at radius 2 is 2.17 bits per heavy atom. The van der Waals surface area contributed by atoms with Crippen LogP contribution >= 0.6 is 0 Å². The maximum absolute atomic E-state index is 5.63. The van der Waals surface area contributed by atoms with Gasteiger partial charge >= 0.3 is 0 Å². The predicted molar refractivity (Wildman–Crippen MR) is 72.8 cm³/mol. The first kappa shape index (κ1) is 11.6. The molecular formula is C14H19N3O. The van der Waals surface area contributed by atoms with Gasteiger partial charge in [0.25, 0.3) is 0 Å². The molecule has 0 unspecified atom stereocenters. The minimum absolute atomic E-state index is 0.730. The van der Waals surface area contributed by atoms with Crippen LogP contribution in [0.3, 0.4) is 0 Å². The van der Waals surface area contributed by atoms with Crippen molar-refractivity contribution in [3.63, 3.8) is 0 Å². The minimum atomic E-state index is 0.730. The van der Waals surface area contributed by atoms with E-state index in [1.807, 2.05) is 6.07 Å². The molecule has 3 rings (SSSR count). The van der Waals surface area contributed by atoms with E-state index in [1.165, 1.54) is 16.6 Å². The second-order valence-electron chi connectivity index (χ2n) is 4.78. The Kier molecular flexibility index (Phi) is 2.97. The van der Waals surface area contributed by atoms with E-state index in [-0.39, 0.29) is 0 Å². The van der Waals surface area contributed by atoms with Crippen LogP contribution in [0.4, 0.5) is 0 Å². The van der Waals surface area contributed by atoms with E-state index in [1.54, 1.807) is 7.11 Å². The predicted octanol–water partition coefficient (Wildman–Crippen LogP) is 1.42.